The normalized spacial score (nSPS) is 18.2. The van der Waals surface area contributed by atoms with Crippen LogP contribution >= 0.6 is 11.8 Å². The zero-order valence-corrected chi connectivity index (χ0v) is 11.0. The standard InChI is InChI=1S/C12H14N2O4S/c15-12(16)9-4-1-5-10(14(17)18)11(9)13-7-8-3-2-6-19-8/h1,4-5,8,13H,2-3,6-7H2,(H,15,16). The van der Waals surface area contributed by atoms with Crippen LogP contribution in [0.5, 0.6) is 0 Å². The van der Waals surface area contributed by atoms with E-state index in [0.717, 1.165) is 18.6 Å². The minimum Gasteiger partial charge on any atom is -0.478 e. The van der Waals surface area contributed by atoms with Gasteiger partial charge in [0.2, 0.25) is 0 Å². The highest BCUT2D eigenvalue weighted by molar-refractivity contribution is 8.00. The van der Waals surface area contributed by atoms with Crippen molar-refractivity contribution in [3.8, 4) is 0 Å². The maximum absolute atomic E-state index is 11.1. The molecular formula is C12H14N2O4S. The summed E-state index contributed by atoms with van der Waals surface area (Å²) in [6.07, 6.45) is 2.19. The predicted molar refractivity (Wildman–Crippen MR) is 74.0 cm³/mol. The lowest BCUT2D eigenvalue weighted by molar-refractivity contribution is -0.384. The summed E-state index contributed by atoms with van der Waals surface area (Å²) < 4.78 is 0. The van der Waals surface area contributed by atoms with Gasteiger partial charge in [-0.3, -0.25) is 10.1 Å². The smallest absolute Gasteiger partial charge is 0.338 e. The summed E-state index contributed by atoms with van der Waals surface area (Å²) in [6.45, 7) is 0.551. The van der Waals surface area contributed by atoms with Crippen molar-refractivity contribution in [1.82, 2.24) is 0 Å². The molecule has 2 rings (SSSR count). The molecule has 0 aliphatic carbocycles. The first-order valence-electron chi connectivity index (χ1n) is 5.95. The van der Waals surface area contributed by atoms with Crippen LogP contribution in [0.25, 0.3) is 0 Å². The molecule has 1 unspecified atom stereocenters. The lowest BCUT2D eigenvalue weighted by Gasteiger charge is -2.13. The van der Waals surface area contributed by atoms with Gasteiger partial charge in [0.05, 0.1) is 10.5 Å². The number of nitro benzene ring substituents is 1. The van der Waals surface area contributed by atoms with Gasteiger partial charge in [-0.1, -0.05) is 6.07 Å². The molecule has 2 N–H and O–H groups in total. The van der Waals surface area contributed by atoms with Gasteiger partial charge in [-0.2, -0.15) is 11.8 Å². The van der Waals surface area contributed by atoms with Crippen LogP contribution in [0.3, 0.4) is 0 Å². The summed E-state index contributed by atoms with van der Waals surface area (Å²) in [5.41, 5.74) is -0.146. The van der Waals surface area contributed by atoms with Gasteiger partial charge in [-0.25, -0.2) is 4.79 Å². The number of nitrogens with zero attached hydrogens (tertiary/aromatic N) is 1. The number of benzene rings is 1. The third-order valence-corrected chi connectivity index (χ3v) is 4.40. The molecule has 1 atom stereocenters. The lowest BCUT2D eigenvalue weighted by atomic mass is 10.1. The Kier molecular flexibility index (Phi) is 4.26. The fourth-order valence-corrected chi connectivity index (χ4v) is 3.28. The second kappa shape index (κ2) is 5.92. The SMILES string of the molecule is O=C(O)c1cccc([N+](=O)[O-])c1NCC1CCCS1. The summed E-state index contributed by atoms with van der Waals surface area (Å²) in [5, 5.41) is 23.4. The maximum atomic E-state index is 11.1. The second-order valence-electron chi connectivity index (χ2n) is 4.28. The van der Waals surface area contributed by atoms with Crippen LogP contribution in [0.2, 0.25) is 0 Å². The summed E-state index contributed by atoms with van der Waals surface area (Å²) in [4.78, 5) is 21.5. The van der Waals surface area contributed by atoms with Crippen LogP contribution in [0.4, 0.5) is 11.4 Å². The summed E-state index contributed by atoms with van der Waals surface area (Å²) in [7, 11) is 0. The molecule has 1 aromatic rings. The van der Waals surface area contributed by atoms with Gasteiger partial charge < -0.3 is 10.4 Å². The van der Waals surface area contributed by atoms with Gasteiger partial charge in [-0.15, -0.1) is 0 Å². The molecule has 1 heterocycles. The molecule has 1 saturated heterocycles. The van der Waals surface area contributed by atoms with Crippen LogP contribution in [0.15, 0.2) is 18.2 Å². The second-order valence-corrected chi connectivity index (χ2v) is 5.69. The van der Waals surface area contributed by atoms with Crippen LogP contribution in [0, 0.1) is 10.1 Å². The minimum atomic E-state index is -1.16. The Morgan fingerprint density at radius 2 is 2.37 bits per heavy atom. The molecule has 6 nitrogen and oxygen atoms in total. The average molecular weight is 282 g/mol. The van der Waals surface area contributed by atoms with Crippen molar-refractivity contribution in [2.24, 2.45) is 0 Å². The fourth-order valence-electron chi connectivity index (χ4n) is 2.08. The number of hydrogen-bond acceptors (Lipinski definition) is 5. The molecule has 0 saturated carbocycles. The molecular weight excluding hydrogens is 268 g/mol. The zero-order valence-electron chi connectivity index (χ0n) is 10.2. The lowest BCUT2D eigenvalue weighted by Crippen LogP contribution is -2.17. The minimum absolute atomic E-state index is 0.0582. The van der Waals surface area contributed by atoms with Crippen LogP contribution in [-0.2, 0) is 0 Å². The first-order chi connectivity index (χ1) is 9.09. The van der Waals surface area contributed by atoms with Crippen LogP contribution in [-0.4, -0.2) is 33.5 Å². The molecule has 1 fully saturated rings. The largest absolute Gasteiger partial charge is 0.478 e. The van der Waals surface area contributed by atoms with Gasteiger partial charge in [-0.05, 0) is 24.7 Å². The topological polar surface area (TPSA) is 92.5 Å². The van der Waals surface area contributed by atoms with Gasteiger partial charge in [0.25, 0.3) is 5.69 Å². The number of carbonyl (C=O) groups is 1. The van der Waals surface area contributed by atoms with Gasteiger partial charge in [0, 0.05) is 17.9 Å². The van der Waals surface area contributed by atoms with E-state index in [9.17, 15) is 14.9 Å². The van der Waals surface area contributed by atoms with Crippen LogP contribution in [0.1, 0.15) is 23.2 Å². The number of nitrogens with one attached hydrogen (secondary N) is 1. The maximum Gasteiger partial charge on any atom is 0.338 e. The molecule has 0 aromatic heterocycles. The van der Waals surface area contributed by atoms with Gasteiger partial charge >= 0.3 is 5.97 Å². The zero-order chi connectivity index (χ0) is 13.8. The number of anilines is 1. The highest BCUT2D eigenvalue weighted by atomic mass is 32.2. The van der Waals surface area contributed by atoms with E-state index in [-0.39, 0.29) is 16.9 Å². The average Bonchev–Trinajstić information content (AvgIpc) is 2.88. The van der Waals surface area contributed by atoms with E-state index in [1.165, 1.54) is 18.2 Å². The molecule has 1 aliphatic rings. The number of rotatable bonds is 5. The molecule has 0 bridgehead atoms. The summed E-state index contributed by atoms with van der Waals surface area (Å²) in [5.74, 6) is -0.0695. The van der Waals surface area contributed by atoms with E-state index in [2.05, 4.69) is 5.32 Å². The van der Waals surface area contributed by atoms with E-state index in [1.807, 2.05) is 11.8 Å². The number of nitro groups is 1. The Hall–Kier alpha value is -1.76. The van der Waals surface area contributed by atoms with E-state index in [0.29, 0.717) is 11.8 Å². The first-order valence-corrected chi connectivity index (χ1v) is 7.00. The summed E-state index contributed by atoms with van der Waals surface area (Å²) in [6, 6.07) is 4.08. The van der Waals surface area contributed by atoms with E-state index >= 15 is 0 Å². The van der Waals surface area contributed by atoms with Gasteiger partial charge in [0.1, 0.15) is 5.69 Å². The van der Waals surface area contributed by atoms with Crippen LogP contribution < -0.4 is 5.32 Å². The van der Waals surface area contributed by atoms with Gasteiger partial charge in [0.15, 0.2) is 0 Å². The quantitative estimate of drug-likeness (QED) is 0.637. The van der Waals surface area contributed by atoms with Crippen molar-refractivity contribution in [3.63, 3.8) is 0 Å². The van der Waals surface area contributed by atoms with Crippen molar-refractivity contribution >= 4 is 29.1 Å². The molecule has 102 valence electrons. The fraction of sp³-hybridized carbons (Fsp3) is 0.417. The Labute approximate surface area is 114 Å². The third kappa shape index (κ3) is 3.17. The molecule has 19 heavy (non-hydrogen) atoms. The number of thioether (sulfide) groups is 1. The molecule has 1 aliphatic heterocycles. The van der Waals surface area contributed by atoms with Crippen molar-refractivity contribution in [1.29, 1.82) is 0 Å². The number of hydrogen-bond donors (Lipinski definition) is 2. The Morgan fingerprint density at radius 3 is 2.95 bits per heavy atom. The predicted octanol–water partition coefficient (Wildman–Crippen LogP) is 2.60. The number of carboxylic acids is 1. The van der Waals surface area contributed by atoms with E-state index < -0.39 is 10.9 Å². The summed E-state index contributed by atoms with van der Waals surface area (Å²) >= 11 is 1.81. The Morgan fingerprint density at radius 1 is 1.58 bits per heavy atom. The molecule has 1 aromatic carbocycles. The highest BCUT2D eigenvalue weighted by Gasteiger charge is 2.23. The molecule has 7 heteroatoms. The third-order valence-electron chi connectivity index (χ3n) is 3.00. The van der Waals surface area contributed by atoms with Crippen molar-refractivity contribution in [3.05, 3.63) is 33.9 Å². The van der Waals surface area contributed by atoms with E-state index in [1.54, 1.807) is 0 Å². The molecule has 0 radical (unpaired) electrons. The first kappa shape index (κ1) is 13.7. The number of aromatic carboxylic acids is 1. The number of para-hydroxylation sites is 1. The van der Waals surface area contributed by atoms with Crippen molar-refractivity contribution in [2.75, 3.05) is 17.6 Å². The Bertz CT molecular complexity index is 468. The Balaban J connectivity index is 2.23. The molecule has 0 spiro atoms. The monoisotopic (exact) mass is 282 g/mol. The van der Waals surface area contributed by atoms with Crippen molar-refractivity contribution in [2.45, 2.75) is 18.1 Å². The molecule has 0 amide bonds. The van der Waals surface area contributed by atoms with Crippen molar-refractivity contribution < 1.29 is 14.8 Å². The number of carboxylic acid groups (broad SMARTS) is 1. The highest BCUT2D eigenvalue weighted by Crippen LogP contribution is 2.31. The van der Waals surface area contributed by atoms with E-state index in [4.69, 9.17) is 5.11 Å².